The molecule has 1 aliphatic carbocycles. The molecule has 1 aliphatic rings. The Balaban J connectivity index is 2.11. The third kappa shape index (κ3) is 3.18. The van der Waals surface area contributed by atoms with E-state index in [4.69, 9.17) is 10.2 Å². The first kappa shape index (κ1) is 14.6. The van der Waals surface area contributed by atoms with Crippen LogP contribution in [0.2, 0.25) is 0 Å². The van der Waals surface area contributed by atoms with Crippen LogP contribution in [0.3, 0.4) is 0 Å². The van der Waals surface area contributed by atoms with Crippen molar-refractivity contribution in [2.45, 2.75) is 52.0 Å². The number of aromatic nitrogens is 1. The maximum absolute atomic E-state index is 12.2. The van der Waals surface area contributed by atoms with Crippen molar-refractivity contribution >= 4 is 11.8 Å². The second-order valence-corrected chi connectivity index (χ2v) is 5.37. The Kier molecular flexibility index (Phi) is 4.42. The highest BCUT2D eigenvalue weighted by molar-refractivity contribution is 5.93. The molecule has 1 heterocycles. The molecule has 0 saturated heterocycles. The SMILES string of the molecule is Cc1nc(C)c(C(=O)N[C@H]2CCCCC[C@@H]2C(N)=O)o1. The fourth-order valence-corrected chi connectivity index (χ4v) is 2.80. The number of aryl methyl sites for hydroxylation is 2. The van der Waals surface area contributed by atoms with Crippen LogP contribution >= 0.6 is 0 Å². The van der Waals surface area contributed by atoms with Gasteiger partial charge in [-0.3, -0.25) is 9.59 Å². The molecule has 1 aromatic rings. The standard InChI is InChI=1S/C14H21N3O3/c1-8-12(20-9(2)16-8)14(19)17-11-7-5-3-4-6-10(11)13(15)18/h10-11H,3-7H2,1-2H3,(H2,15,18)(H,17,19)/t10-,11-/m0/s1. The highest BCUT2D eigenvalue weighted by Crippen LogP contribution is 2.24. The van der Waals surface area contributed by atoms with Crippen molar-refractivity contribution in [1.82, 2.24) is 10.3 Å². The molecule has 20 heavy (non-hydrogen) atoms. The van der Waals surface area contributed by atoms with Crippen LogP contribution in [0, 0.1) is 19.8 Å². The Labute approximate surface area is 118 Å². The van der Waals surface area contributed by atoms with Crippen LogP contribution < -0.4 is 11.1 Å². The summed E-state index contributed by atoms with van der Waals surface area (Å²) < 4.78 is 5.31. The minimum absolute atomic E-state index is 0.215. The molecule has 1 saturated carbocycles. The maximum atomic E-state index is 12.2. The number of nitrogens with two attached hydrogens (primary N) is 1. The third-order valence-electron chi connectivity index (χ3n) is 3.81. The molecule has 0 unspecified atom stereocenters. The fraction of sp³-hybridized carbons (Fsp3) is 0.643. The molecule has 6 nitrogen and oxygen atoms in total. The van der Waals surface area contributed by atoms with Crippen LogP contribution in [0.25, 0.3) is 0 Å². The largest absolute Gasteiger partial charge is 0.436 e. The molecule has 3 N–H and O–H groups in total. The van der Waals surface area contributed by atoms with Crippen molar-refractivity contribution < 1.29 is 14.0 Å². The highest BCUT2D eigenvalue weighted by Gasteiger charge is 2.30. The normalized spacial score (nSPS) is 23.1. The summed E-state index contributed by atoms with van der Waals surface area (Å²) in [5.74, 6) is -0.287. The first-order valence-corrected chi connectivity index (χ1v) is 7.03. The number of oxazole rings is 1. The van der Waals surface area contributed by atoms with Crippen molar-refractivity contribution in [3.63, 3.8) is 0 Å². The Morgan fingerprint density at radius 3 is 2.55 bits per heavy atom. The molecule has 6 heteroatoms. The van der Waals surface area contributed by atoms with Gasteiger partial charge < -0.3 is 15.5 Å². The summed E-state index contributed by atoms with van der Waals surface area (Å²) in [7, 11) is 0. The van der Waals surface area contributed by atoms with E-state index in [9.17, 15) is 9.59 Å². The Morgan fingerprint density at radius 2 is 1.95 bits per heavy atom. The van der Waals surface area contributed by atoms with Gasteiger partial charge in [-0.2, -0.15) is 0 Å². The van der Waals surface area contributed by atoms with E-state index in [2.05, 4.69) is 10.3 Å². The monoisotopic (exact) mass is 279 g/mol. The molecule has 2 rings (SSSR count). The average Bonchev–Trinajstić information content (AvgIpc) is 2.60. The molecular formula is C14H21N3O3. The third-order valence-corrected chi connectivity index (χ3v) is 3.81. The zero-order chi connectivity index (χ0) is 14.7. The lowest BCUT2D eigenvalue weighted by molar-refractivity contribution is -0.122. The molecule has 1 fully saturated rings. The Morgan fingerprint density at radius 1 is 1.25 bits per heavy atom. The number of hydrogen-bond donors (Lipinski definition) is 2. The zero-order valence-corrected chi connectivity index (χ0v) is 11.9. The number of hydrogen-bond acceptors (Lipinski definition) is 4. The molecule has 0 aliphatic heterocycles. The zero-order valence-electron chi connectivity index (χ0n) is 11.9. The lowest BCUT2D eigenvalue weighted by Gasteiger charge is -2.23. The predicted molar refractivity (Wildman–Crippen MR) is 73.0 cm³/mol. The van der Waals surface area contributed by atoms with Crippen LogP contribution in [-0.4, -0.2) is 22.8 Å². The van der Waals surface area contributed by atoms with Crippen LogP contribution in [0.4, 0.5) is 0 Å². The molecular weight excluding hydrogens is 258 g/mol. The van der Waals surface area contributed by atoms with E-state index in [1.807, 2.05) is 0 Å². The van der Waals surface area contributed by atoms with E-state index in [0.717, 1.165) is 32.1 Å². The van der Waals surface area contributed by atoms with Crippen LogP contribution in [-0.2, 0) is 4.79 Å². The second-order valence-electron chi connectivity index (χ2n) is 5.37. The quantitative estimate of drug-likeness (QED) is 0.818. The summed E-state index contributed by atoms with van der Waals surface area (Å²) in [5, 5.41) is 2.89. The lowest BCUT2D eigenvalue weighted by atomic mass is 9.94. The van der Waals surface area contributed by atoms with Crippen molar-refractivity contribution in [1.29, 1.82) is 0 Å². The molecule has 1 aromatic heterocycles. The number of amides is 2. The van der Waals surface area contributed by atoms with E-state index >= 15 is 0 Å². The van der Waals surface area contributed by atoms with E-state index in [1.165, 1.54) is 0 Å². The molecule has 2 atom stereocenters. The molecule has 0 aromatic carbocycles. The van der Waals surface area contributed by atoms with Gasteiger partial charge in [0.25, 0.3) is 5.91 Å². The summed E-state index contributed by atoms with van der Waals surface area (Å²) >= 11 is 0. The van der Waals surface area contributed by atoms with Gasteiger partial charge >= 0.3 is 0 Å². The summed E-state index contributed by atoms with van der Waals surface area (Å²) in [5.41, 5.74) is 6.01. The average molecular weight is 279 g/mol. The van der Waals surface area contributed by atoms with E-state index in [1.54, 1.807) is 13.8 Å². The number of carbonyl (C=O) groups excluding carboxylic acids is 2. The minimum Gasteiger partial charge on any atom is -0.436 e. The van der Waals surface area contributed by atoms with E-state index < -0.39 is 0 Å². The van der Waals surface area contributed by atoms with Gasteiger partial charge in [-0.15, -0.1) is 0 Å². The van der Waals surface area contributed by atoms with Gasteiger partial charge in [0.1, 0.15) is 0 Å². The number of carbonyl (C=O) groups is 2. The van der Waals surface area contributed by atoms with Crippen molar-refractivity contribution in [3.8, 4) is 0 Å². The predicted octanol–water partition coefficient (Wildman–Crippen LogP) is 1.46. The van der Waals surface area contributed by atoms with Crippen LogP contribution in [0.1, 0.15) is 54.2 Å². The van der Waals surface area contributed by atoms with E-state index in [-0.39, 0.29) is 29.5 Å². The lowest BCUT2D eigenvalue weighted by Crippen LogP contribution is -2.45. The van der Waals surface area contributed by atoms with Gasteiger partial charge in [0, 0.05) is 13.0 Å². The molecule has 0 spiro atoms. The summed E-state index contributed by atoms with van der Waals surface area (Å²) in [6.45, 7) is 3.42. The van der Waals surface area contributed by atoms with Crippen LogP contribution in [0.5, 0.6) is 0 Å². The Hall–Kier alpha value is -1.85. The number of rotatable bonds is 3. The van der Waals surface area contributed by atoms with Gasteiger partial charge in [0.15, 0.2) is 5.89 Å². The summed E-state index contributed by atoms with van der Waals surface area (Å²) in [6.07, 6.45) is 4.53. The number of nitrogens with one attached hydrogen (secondary N) is 1. The first-order chi connectivity index (χ1) is 9.49. The van der Waals surface area contributed by atoms with Gasteiger partial charge in [-0.05, 0) is 19.8 Å². The number of nitrogens with zero attached hydrogens (tertiary/aromatic N) is 1. The molecule has 0 bridgehead atoms. The molecule has 110 valence electrons. The summed E-state index contributed by atoms with van der Waals surface area (Å²) in [6, 6.07) is -0.215. The molecule has 0 radical (unpaired) electrons. The van der Waals surface area contributed by atoms with Gasteiger partial charge in [-0.25, -0.2) is 4.98 Å². The minimum atomic E-state index is -0.345. The Bertz CT molecular complexity index is 510. The number of primary amides is 1. The smallest absolute Gasteiger partial charge is 0.289 e. The van der Waals surface area contributed by atoms with Gasteiger partial charge in [-0.1, -0.05) is 19.3 Å². The first-order valence-electron chi connectivity index (χ1n) is 7.03. The fourth-order valence-electron chi connectivity index (χ4n) is 2.80. The topological polar surface area (TPSA) is 98.2 Å². The van der Waals surface area contributed by atoms with Crippen LogP contribution in [0.15, 0.2) is 4.42 Å². The van der Waals surface area contributed by atoms with Crippen molar-refractivity contribution in [2.75, 3.05) is 0 Å². The second kappa shape index (κ2) is 6.07. The van der Waals surface area contributed by atoms with E-state index in [0.29, 0.717) is 11.6 Å². The maximum Gasteiger partial charge on any atom is 0.289 e. The van der Waals surface area contributed by atoms with Crippen molar-refractivity contribution in [2.24, 2.45) is 11.7 Å². The summed E-state index contributed by atoms with van der Waals surface area (Å²) in [4.78, 5) is 27.9. The van der Waals surface area contributed by atoms with Gasteiger partial charge in [0.05, 0.1) is 11.6 Å². The highest BCUT2D eigenvalue weighted by atomic mass is 16.4. The van der Waals surface area contributed by atoms with Crippen molar-refractivity contribution in [3.05, 3.63) is 17.3 Å². The molecule has 2 amide bonds. The van der Waals surface area contributed by atoms with Gasteiger partial charge in [0.2, 0.25) is 11.7 Å².